The predicted molar refractivity (Wildman–Crippen MR) is 50.1 cm³/mol. The molecule has 0 amide bonds. The number of sulfonamides is 1. The molecule has 0 aliphatic rings. The van der Waals surface area contributed by atoms with E-state index in [1.807, 2.05) is 20.8 Å². The van der Waals surface area contributed by atoms with Gasteiger partial charge >= 0.3 is 0 Å². The summed E-state index contributed by atoms with van der Waals surface area (Å²) in [7, 11) is 0.167. The van der Waals surface area contributed by atoms with Crippen molar-refractivity contribution in [1.29, 1.82) is 0 Å². The highest BCUT2D eigenvalue weighted by Crippen LogP contribution is 2.13. The lowest BCUT2D eigenvalue weighted by molar-refractivity contribution is 0.0228. The van der Waals surface area contributed by atoms with Crippen molar-refractivity contribution in [3.05, 3.63) is 0 Å². The van der Waals surface area contributed by atoms with Crippen molar-refractivity contribution in [3.63, 3.8) is 0 Å². The zero-order chi connectivity index (χ0) is 10.2. The van der Waals surface area contributed by atoms with E-state index in [9.17, 15) is 8.42 Å². The van der Waals surface area contributed by atoms with Crippen molar-refractivity contribution < 1.29 is 8.42 Å². The zero-order valence-electron chi connectivity index (χ0n) is 8.62. The number of hydrazine groups is 1. The van der Waals surface area contributed by atoms with E-state index in [1.165, 1.54) is 10.7 Å². The molecule has 0 unspecified atom stereocenters. The van der Waals surface area contributed by atoms with Crippen LogP contribution >= 0.6 is 0 Å². The standard InChI is InChI=1S/C7H18N2O2S/c1-7(2,3)8(4)9(5)12(6,10)11/h1-6H3. The Bertz CT molecular complexity index is 241. The fourth-order valence-corrected chi connectivity index (χ4v) is 1.33. The van der Waals surface area contributed by atoms with E-state index in [2.05, 4.69) is 0 Å². The molecule has 74 valence electrons. The van der Waals surface area contributed by atoms with Gasteiger partial charge in [-0.05, 0) is 20.8 Å². The highest BCUT2D eigenvalue weighted by molar-refractivity contribution is 7.88. The molecule has 5 heteroatoms. The summed E-state index contributed by atoms with van der Waals surface area (Å²) in [5, 5.41) is 1.68. The Labute approximate surface area is 75.2 Å². The van der Waals surface area contributed by atoms with Crippen LogP contribution in [-0.4, -0.2) is 43.7 Å². The Morgan fingerprint density at radius 1 is 1.08 bits per heavy atom. The van der Waals surface area contributed by atoms with Gasteiger partial charge in [0.2, 0.25) is 10.0 Å². The predicted octanol–water partition coefficient (Wildman–Crippen LogP) is 0.523. The van der Waals surface area contributed by atoms with Crippen LogP contribution in [0, 0.1) is 0 Å². The van der Waals surface area contributed by atoms with Crippen LogP contribution in [0.1, 0.15) is 20.8 Å². The summed E-state index contributed by atoms with van der Waals surface area (Å²) in [6.45, 7) is 5.86. The first-order valence-electron chi connectivity index (χ1n) is 3.74. The monoisotopic (exact) mass is 194 g/mol. The minimum Gasteiger partial charge on any atom is -0.226 e. The fourth-order valence-electron chi connectivity index (χ4n) is 0.645. The Balaban J connectivity index is 4.64. The van der Waals surface area contributed by atoms with E-state index in [0.29, 0.717) is 0 Å². The van der Waals surface area contributed by atoms with Gasteiger partial charge in [0.15, 0.2) is 0 Å². The van der Waals surface area contributed by atoms with Gasteiger partial charge in [-0.2, -0.15) is 0 Å². The van der Waals surface area contributed by atoms with Crippen LogP contribution in [0.2, 0.25) is 0 Å². The minimum atomic E-state index is -3.13. The van der Waals surface area contributed by atoms with Gasteiger partial charge in [-0.25, -0.2) is 13.4 Å². The lowest BCUT2D eigenvalue weighted by Gasteiger charge is -2.37. The second-order valence-electron chi connectivity index (χ2n) is 3.89. The van der Waals surface area contributed by atoms with Gasteiger partial charge in [0.25, 0.3) is 0 Å². The lowest BCUT2D eigenvalue weighted by atomic mass is 10.1. The van der Waals surface area contributed by atoms with Gasteiger partial charge < -0.3 is 0 Å². The van der Waals surface area contributed by atoms with Crippen LogP contribution in [0.3, 0.4) is 0 Å². The summed E-state index contributed by atoms with van der Waals surface area (Å²) in [5.41, 5.74) is -0.183. The Hall–Kier alpha value is -0.130. The van der Waals surface area contributed by atoms with Gasteiger partial charge in [-0.15, -0.1) is 4.41 Å². The van der Waals surface area contributed by atoms with Crippen LogP contribution in [0.15, 0.2) is 0 Å². The maximum atomic E-state index is 11.1. The molecule has 0 heterocycles. The summed E-state index contributed by atoms with van der Waals surface area (Å²) in [6.07, 6.45) is 1.19. The lowest BCUT2D eigenvalue weighted by Crippen LogP contribution is -2.50. The molecule has 0 saturated carbocycles. The first-order chi connectivity index (χ1) is 5.07. The van der Waals surface area contributed by atoms with Gasteiger partial charge in [-0.3, -0.25) is 0 Å². The molecular weight excluding hydrogens is 176 g/mol. The van der Waals surface area contributed by atoms with E-state index < -0.39 is 10.0 Å². The summed E-state index contributed by atoms with van der Waals surface area (Å²) >= 11 is 0. The Morgan fingerprint density at radius 3 is 1.50 bits per heavy atom. The third-order valence-electron chi connectivity index (χ3n) is 1.87. The Morgan fingerprint density at radius 2 is 1.42 bits per heavy atom. The van der Waals surface area contributed by atoms with E-state index in [-0.39, 0.29) is 5.54 Å². The molecule has 0 fully saturated rings. The molecule has 0 radical (unpaired) electrons. The molecule has 0 atom stereocenters. The SMILES string of the molecule is CN(N(C)S(C)(=O)=O)C(C)(C)C. The van der Waals surface area contributed by atoms with Crippen molar-refractivity contribution in [3.8, 4) is 0 Å². The first-order valence-corrected chi connectivity index (χ1v) is 5.59. The fraction of sp³-hybridized carbons (Fsp3) is 1.00. The smallest absolute Gasteiger partial charge is 0.223 e. The molecule has 0 aromatic carbocycles. The Kier molecular flexibility index (Phi) is 3.28. The van der Waals surface area contributed by atoms with Crippen molar-refractivity contribution in [1.82, 2.24) is 9.42 Å². The molecular formula is C7H18N2O2S. The molecule has 0 rings (SSSR count). The zero-order valence-corrected chi connectivity index (χ0v) is 9.44. The highest BCUT2D eigenvalue weighted by Gasteiger charge is 2.25. The maximum absolute atomic E-state index is 11.1. The molecule has 0 saturated heterocycles. The van der Waals surface area contributed by atoms with Crippen LogP contribution in [0.4, 0.5) is 0 Å². The largest absolute Gasteiger partial charge is 0.226 e. The summed E-state index contributed by atoms with van der Waals surface area (Å²) in [4.78, 5) is 0. The van der Waals surface area contributed by atoms with Crippen molar-refractivity contribution in [2.24, 2.45) is 0 Å². The van der Waals surface area contributed by atoms with Crippen molar-refractivity contribution in [2.75, 3.05) is 20.4 Å². The molecule has 0 aromatic rings. The van der Waals surface area contributed by atoms with E-state index in [1.54, 1.807) is 19.1 Å². The topological polar surface area (TPSA) is 40.6 Å². The van der Waals surface area contributed by atoms with E-state index in [0.717, 1.165) is 0 Å². The average molecular weight is 194 g/mol. The van der Waals surface area contributed by atoms with E-state index >= 15 is 0 Å². The summed E-state index contributed by atoms with van der Waals surface area (Å²) in [5.74, 6) is 0. The number of rotatable bonds is 2. The normalized spacial score (nSPS) is 14.3. The second-order valence-corrected chi connectivity index (χ2v) is 5.89. The average Bonchev–Trinajstić information content (AvgIpc) is 1.80. The molecule has 12 heavy (non-hydrogen) atoms. The number of hydrogen-bond acceptors (Lipinski definition) is 3. The second kappa shape index (κ2) is 3.32. The van der Waals surface area contributed by atoms with Gasteiger partial charge in [-0.1, -0.05) is 0 Å². The van der Waals surface area contributed by atoms with Gasteiger partial charge in [0.1, 0.15) is 0 Å². The molecule has 0 aliphatic heterocycles. The van der Waals surface area contributed by atoms with Crippen LogP contribution in [0.5, 0.6) is 0 Å². The van der Waals surface area contributed by atoms with Gasteiger partial charge in [0, 0.05) is 19.6 Å². The molecule has 0 aromatic heterocycles. The third-order valence-corrected chi connectivity index (χ3v) is 3.08. The molecule has 0 bridgehead atoms. The minimum absolute atomic E-state index is 0.183. The quantitative estimate of drug-likeness (QED) is 0.602. The van der Waals surface area contributed by atoms with Crippen molar-refractivity contribution in [2.45, 2.75) is 26.3 Å². The first kappa shape index (κ1) is 11.9. The number of nitrogens with zero attached hydrogens (tertiary/aromatic N) is 2. The van der Waals surface area contributed by atoms with Gasteiger partial charge in [0.05, 0.1) is 6.26 Å². The van der Waals surface area contributed by atoms with E-state index in [4.69, 9.17) is 0 Å². The highest BCUT2D eigenvalue weighted by atomic mass is 32.2. The van der Waals surface area contributed by atoms with Crippen LogP contribution in [-0.2, 0) is 10.0 Å². The molecule has 0 aliphatic carbocycles. The number of hydrogen-bond donors (Lipinski definition) is 0. The van der Waals surface area contributed by atoms with Crippen molar-refractivity contribution >= 4 is 10.0 Å². The van der Waals surface area contributed by atoms with Crippen LogP contribution in [0.25, 0.3) is 0 Å². The molecule has 0 N–H and O–H groups in total. The summed E-state index contributed by atoms with van der Waals surface area (Å²) in [6, 6.07) is 0. The van der Waals surface area contributed by atoms with Crippen LogP contribution < -0.4 is 0 Å². The molecule has 0 spiro atoms. The summed E-state index contributed by atoms with van der Waals surface area (Å²) < 4.78 is 23.5. The molecule has 4 nitrogen and oxygen atoms in total. The third kappa shape index (κ3) is 3.08. The maximum Gasteiger partial charge on any atom is 0.223 e.